The zero-order valence-electron chi connectivity index (χ0n) is 9.74. The van der Waals surface area contributed by atoms with Gasteiger partial charge in [-0.1, -0.05) is 18.1 Å². The summed E-state index contributed by atoms with van der Waals surface area (Å²) in [4.78, 5) is 0. The summed E-state index contributed by atoms with van der Waals surface area (Å²) in [5.41, 5.74) is 1.07. The molecule has 0 bridgehead atoms. The van der Waals surface area contributed by atoms with Crippen molar-refractivity contribution in [3.8, 4) is 0 Å². The summed E-state index contributed by atoms with van der Waals surface area (Å²) >= 11 is 0. The third-order valence-corrected chi connectivity index (χ3v) is 2.90. The molecule has 0 amide bonds. The minimum Gasteiger partial charge on any atom is -0.314 e. The smallest absolute Gasteiger partial charge is 0.314 e. The van der Waals surface area contributed by atoms with E-state index in [1.807, 2.05) is 6.92 Å². The van der Waals surface area contributed by atoms with E-state index >= 15 is 0 Å². The molecule has 1 aliphatic rings. The van der Waals surface area contributed by atoms with Crippen molar-refractivity contribution in [2.45, 2.75) is 57.7 Å². The Labute approximate surface area is 95.1 Å². The maximum atomic E-state index is 11.9. The fourth-order valence-corrected chi connectivity index (χ4v) is 2.05. The van der Waals surface area contributed by atoms with E-state index in [4.69, 9.17) is 0 Å². The Kier molecular flexibility index (Phi) is 5.32. The van der Waals surface area contributed by atoms with E-state index in [9.17, 15) is 13.2 Å². The summed E-state index contributed by atoms with van der Waals surface area (Å²) in [6.07, 6.45) is 1.58. The third kappa shape index (κ3) is 6.16. The van der Waals surface area contributed by atoms with E-state index in [0.717, 1.165) is 25.0 Å². The van der Waals surface area contributed by atoms with E-state index < -0.39 is 12.6 Å². The van der Waals surface area contributed by atoms with Gasteiger partial charge in [-0.3, -0.25) is 0 Å². The Morgan fingerprint density at radius 2 is 2.12 bits per heavy atom. The topological polar surface area (TPSA) is 12.0 Å². The molecule has 0 radical (unpaired) electrons. The lowest BCUT2D eigenvalue weighted by atomic mass is 9.98. The normalized spacial score (nSPS) is 23.5. The second-order valence-electron chi connectivity index (χ2n) is 4.56. The molecule has 1 unspecified atom stereocenters. The van der Waals surface area contributed by atoms with Crippen LogP contribution in [-0.4, -0.2) is 18.8 Å². The van der Waals surface area contributed by atoms with Crippen LogP contribution < -0.4 is 5.32 Å². The minimum absolute atomic E-state index is 0.113. The Bertz CT molecular complexity index is 227. The van der Waals surface area contributed by atoms with Gasteiger partial charge >= 0.3 is 6.18 Å². The fourth-order valence-electron chi connectivity index (χ4n) is 2.05. The average molecular weight is 235 g/mol. The van der Waals surface area contributed by atoms with Crippen LogP contribution in [0.3, 0.4) is 0 Å². The summed E-state index contributed by atoms with van der Waals surface area (Å²) in [6.45, 7) is 2.97. The van der Waals surface area contributed by atoms with Gasteiger partial charge in [-0.05, 0) is 39.2 Å². The number of nitrogens with one attached hydrogen (secondary N) is 1. The van der Waals surface area contributed by atoms with Gasteiger partial charge in [0, 0.05) is 12.5 Å². The van der Waals surface area contributed by atoms with E-state index in [2.05, 4.69) is 5.32 Å². The maximum absolute atomic E-state index is 11.9. The fraction of sp³-hybridized carbons (Fsp3) is 0.833. The molecule has 1 atom stereocenters. The van der Waals surface area contributed by atoms with Gasteiger partial charge in [-0.15, -0.1) is 0 Å². The van der Waals surface area contributed by atoms with Gasteiger partial charge in [-0.25, -0.2) is 0 Å². The lowest BCUT2D eigenvalue weighted by Gasteiger charge is -2.23. The van der Waals surface area contributed by atoms with Crippen LogP contribution in [0.25, 0.3) is 0 Å². The summed E-state index contributed by atoms with van der Waals surface area (Å²) in [6, 6.07) is 0.468. The maximum Gasteiger partial charge on any atom is 0.389 e. The van der Waals surface area contributed by atoms with Crippen molar-refractivity contribution >= 4 is 0 Å². The molecular formula is C12H20F3N. The molecule has 0 saturated carbocycles. The monoisotopic (exact) mass is 235 g/mol. The van der Waals surface area contributed by atoms with Crippen LogP contribution in [0.15, 0.2) is 11.6 Å². The summed E-state index contributed by atoms with van der Waals surface area (Å²) in [7, 11) is 0. The predicted molar refractivity (Wildman–Crippen MR) is 59.3 cm³/mol. The highest BCUT2D eigenvalue weighted by molar-refractivity contribution is 5.01. The largest absolute Gasteiger partial charge is 0.389 e. The van der Waals surface area contributed by atoms with Gasteiger partial charge < -0.3 is 5.32 Å². The van der Waals surface area contributed by atoms with Crippen LogP contribution in [0, 0.1) is 0 Å². The Morgan fingerprint density at radius 1 is 1.38 bits per heavy atom. The second-order valence-corrected chi connectivity index (χ2v) is 4.56. The molecule has 1 saturated heterocycles. The van der Waals surface area contributed by atoms with E-state index in [1.54, 1.807) is 6.08 Å². The summed E-state index contributed by atoms with van der Waals surface area (Å²) < 4.78 is 35.8. The molecule has 16 heavy (non-hydrogen) atoms. The highest BCUT2D eigenvalue weighted by Gasteiger charge is 2.25. The SMILES string of the molecule is CC(=CCCC(F)(F)F)CC1CCCCN1. The van der Waals surface area contributed by atoms with E-state index in [0.29, 0.717) is 6.04 Å². The molecule has 0 aromatic carbocycles. The zero-order valence-corrected chi connectivity index (χ0v) is 9.74. The lowest BCUT2D eigenvalue weighted by molar-refractivity contribution is -0.133. The first-order valence-electron chi connectivity index (χ1n) is 5.93. The number of halogens is 3. The van der Waals surface area contributed by atoms with Gasteiger partial charge in [-0.2, -0.15) is 13.2 Å². The van der Waals surface area contributed by atoms with Crippen LogP contribution >= 0.6 is 0 Å². The van der Waals surface area contributed by atoms with Gasteiger partial charge in [0.2, 0.25) is 0 Å². The average Bonchev–Trinajstić information content (AvgIpc) is 2.17. The van der Waals surface area contributed by atoms with Crippen LogP contribution in [0.1, 0.15) is 45.4 Å². The number of rotatable bonds is 4. The first kappa shape index (κ1) is 13.6. The van der Waals surface area contributed by atoms with Crippen molar-refractivity contribution < 1.29 is 13.2 Å². The molecule has 0 spiro atoms. The number of allylic oxidation sites excluding steroid dienone is 1. The molecule has 1 heterocycles. The van der Waals surface area contributed by atoms with Crippen molar-refractivity contribution in [2.24, 2.45) is 0 Å². The van der Waals surface area contributed by atoms with Gasteiger partial charge in [0.15, 0.2) is 0 Å². The molecule has 1 rings (SSSR count). The van der Waals surface area contributed by atoms with Crippen molar-refractivity contribution in [1.82, 2.24) is 5.32 Å². The van der Waals surface area contributed by atoms with Crippen LogP contribution in [0.2, 0.25) is 0 Å². The lowest BCUT2D eigenvalue weighted by Crippen LogP contribution is -2.33. The highest BCUT2D eigenvalue weighted by Crippen LogP contribution is 2.22. The Balaban J connectivity index is 2.22. The van der Waals surface area contributed by atoms with Crippen LogP contribution in [-0.2, 0) is 0 Å². The molecular weight excluding hydrogens is 215 g/mol. The number of piperidine rings is 1. The quantitative estimate of drug-likeness (QED) is 0.731. The first-order chi connectivity index (χ1) is 7.47. The molecule has 0 aromatic rings. The molecule has 1 fully saturated rings. The van der Waals surface area contributed by atoms with Crippen LogP contribution in [0.4, 0.5) is 13.2 Å². The van der Waals surface area contributed by atoms with Crippen molar-refractivity contribution in [2.75, 3.05) is 6.54 Å². The summed E-state index contributed by atoms with van der Waals surface area (Å²) in [5, 5.41) is 3.39. The molecule has 1 aliphatic heterocycles. The van der Waals surface area contributed by atoms with Crippen molar-refractivity contribution in [3.05, 3.63) is 11.6 Å². The third-order valence-electron chi connectivity index (χ3n) is 2.90. The van der Waals surface area contributed by atoms with Crippen LogP contribution in [0.5, 0.6) is 0 Å². The van der Waals surface area contributed by atoms with Crippen molar-refractivity contribution in [3.63, 3.8) is 0 Å². The first-order valence-corrected chi connectivity index (χ1v) is 5.93. The molecule has 4 heteroatoms. The number of hydrogen-bond donors (Lipinski definition) is 1. The number of hydrogen-bond acceptors (Lipinski definition) is 1. The minimum atomic E-state index is -4.03. The standard InChI is InChI=1S/C12H20F3N/c1-10(5-4-7-12(13,14)15)9-11-6-2-3-8-16-11/h5,11,16H,2-4,6-9H2,1H3. The molecule has 0 aliphatic carbocycles. The Morgan fingerprint density at radius 3 is 2.69 bits per heavy atom. The van der Waals surface area contributed by atoms with E-state index in [-0.39, 0.29) is 6.42 Å². The van der Waals surface area contributed by atoms with Gasteiger partial charge in [0.25, 0.3) is 0 Å². The zero-order chi connectivity index (χ0) is 12.0. The van der Waals surface area contributed by atoms with Gasteiger partial charge in [0.1, 0.15) is 0 Å². The molecule has 1 nitrogen and oxygen atoms in total. The van der Waals surface area contributed by atoms with Gasteiger partial charge in [0.05, 0.1) is 0 Å². The number of alkyl halides is 3. The molecule has 1 N–H and O–H groups in total. The second kappa shape index (κ2) is 6.28. The molecule has 94 valence electrons. The predicted octanol–water partition coefficient (Wildman–Crippen LogP) is 3.81. The highest BCUT2D eigenvalue weighted by atomic mass is 19.4. The Hall–Kier alpha value is -0.510. The summed E-state index contributed by atoms with van der Waals surface area (Å²) in [5.74, 6) is 0. The van der Waals surface area contributed by atoms with E-state index in [1.165, 1.54) is 12.8 Å². The molecule has 0 aromatic heterocycles. The van der Waals surface area contributed by atoms with Crippen molar-refractivity contribution in [1.29, 1.82) is 0 Å².